The predicted octanol–water partition coefficient (Wildman–Crippen LogP) is 31.4. The van der Waals surface area contributed by atoms with Crippen LogP contribution in [0.3, 0.4) is 0 Å². The molecule has 7 nitrogen and oxygen atoms in total. The molecule has 122 heavy (non-hydrogen) atoms. The van der Waals surface area contributed by atoms with E-state index >= 15 is 0 Å². The van der Waals surface area contributed by atoms with Gasteiger partial charge in [0.05, 0.1) is 54.8 Å². The van der Waals surface area contributed by atoms with E-state index in [2.05, 4.69) is 0 Å². The second kappa shape index (κ2) is 33.8. The third-order valence-electron chi connectivity index (χ3n) is 19.7. The van der Waals surface area contributed by atoms with Crippen molar-refractivity contribution >= 4 is 222 Å². The lowest BCUT2D eigenvalue weighted by Gasteiger charge is -2.03. The Kier molecular flexibility index (Phi) is 13.0. The highest BCUT2D eigenvalue weighted by molar-refractivity contribution is 6.35. The fourth-order valence-electron chi connectivity index (χ4n) is 14.0. The van der Waals surface area contributed by atoms with Crippen LogP contribution in [-0.4, -0.2) is 32.0 Å². The molecule has 23 rings (SSSR count). The van der Waals surface area contributed by atoms with Crippen LogP contribution in [0.15, 0.2) is 314 Å². The van der Waals surface area contributed by atoms with Gasteiger partial charge >= 0.3 is 0 Å². The summed E-state index contributed by atoms with van der Waals surface area (Å²) in [5, 5.41) is 4.45. The molecule has 0 radical (unpaired) electrons. The Morgan fingerprint density at radius 2 is 0.393 bits per heavy atom. The van der Waals surface area contributed by atoms with Crippen molar-refractivity contribution < 1.29 is 81.2 Å². The summed E-state index contributed by atoms with van der Waals surface area (Å²) < 4.78 is 415. The number of rotatable bonds is 2. The Morgan fingerprint density at radius 1 is 0.180 bits per heavy atom. The fraction of sp³-hybridized carbons (Fsp3) is 0.0680. The lowest BCUT2D eigenvalue weighted by Crippen LogP contribution is -1.86. The first kappa shape index (κ1) is 47.0. The van der Waals surface area contributed by atoms with Gasteiger partial charge in [-0.05, 0) is 264 Å². The molecule has 0 saturated carbocycles. The maximum absolute atomic E-state index is 13.9. The quantitative estimate of drug-likeness (QED) is 0.155. The van der Waals surface area contributed by atoms with Crippen LogP contribution in [0.2, 0.25) is 30.1 Å². The first-order valence-electron chi connectivity index (χ1n) is 55.7. The van der Waals surface area contributed by atoms with Crippen molar-refractivity contribution in [3.63, 3.8) is 0 Å². The number of aryl methyl sites for hydroxylation is 7. The van der Waals surface area contributed by atoms with Crippen molar-refractivity contribution in [3.05, 3.63) is 380 Å². The molecule has 16 aromatic carbocycles. The lowest BCUT2D eigenvalue weighted by atomic mass is 10.0. The van der Waals surface area contributed by atoms with Gasteiger partial charge in [-0.15, -0.1) is 0 Å². The van der Waals surface area contributed by atoms with Gasteiger partial charge < -0.3 is 32.0 Å². The zero-order valence-electron chi connectivity index (χ0n) is 104. The van der Waals surface area contributed by atoms with Crippen molar-refractivity contribution in [2.24, 2.45) is 49.3 Å². The molecule has 19 heteroatoms. The van der Waals surface area contributed by atoms with Crippen molar-refractivity contribution in [1.82, 2.24) is 32.0 Å². The van der Waals surface area contributed by atoms with E-state index in [1.54, 1.807) is 73.7 Å². The van der Waals surface area contributed by atoms with Gasteiger partial charge in [-0.2, -0.15) is 0 Å². The van der Waals surface area contributed by atoms with Crippen molar-refractivity contribution in [2.45, 2.75) is 0 Å². The number of nitrogens with zero attached hydrogens (tertiary/aromatic N) is 7. The standard InChI is InChI=1S/C25H19N.3C13H9Cl2N.3C13H9F2N/c1-26-24-14-12-20(18-8-4-2-5-9-18)16-22(24)23-17-21(13-15-25(23)26)19-10-6-3-7-11-19;6*1-16-12-4-2-8(14)6-10(12)11-7-9(15)3-5-13(11)16/h2-17H,1H3;6*2-7H,1H3/i2D,3D,4D,5D,6D,7D,8D,9D,10D,11D,12D,13D,14D,15D,16D,17D;2D,3D,4D,5D,6D,7D;2D,3D,6D,7D;2D,3D;2D,3D,4D,5D,6D,7D;2D,3D,6D,7D;2D,3D. The van der Waals surface area contributed by atoms with Crippen LogP contribution in [0.4, 0.5) is 26.3 Å². The summed E-state index contributed by atoms with van der Waals surface area (Å²) in [4.78, 5) is 0. The van der Waals surface area contributed by atoms with Crippen molar-refractivity contribution in [3.8, 4) is 22.3 Å². The SMILES string of the molecule is [2H]c1c(Cl)c([2H])c2c3c([2H])c(Cl)c([2H])c([2H])c3n(C)c2c1[2H].[2H]c1c(F)c([2H])c2c3c([2H])c(F)c([2H])c([2H])c3n(C)c2c1[2H].[2H]c1c([2H])c([2H])c(-c2c([2H])c([2H])c3c(c2[2H])c2c([2H])c(-c4c([2H])c([2H])c([2H])c([2H])c4[2H])c([2H])c([2H])c2n3C)c([2H])c1[2H].[2H]c1cc2c(c([2H])c1Cl)c1c([2H])c(Cl)c([2H])cc1n2C.[2H]c1cc2c(c([2H])c1F)c1c([2H])c(F)c([2H])cc1n2C.[2H]c1cc2c(cc1Cl)c1cc(Cl)c([2H])cc1n2C.[2H]c1cc2c(cc1F)c1cc(F)c([2H])cc1n2C. The molecule has 0 bridgehead atoms. The molecule has 0 aliphatic carbocycles. The monoisotopic (exact) mass is 1770 g/mol. The highest BCUT2D eigenvalue weighted by atomic mass is 35.5. The minimum atomic E-state index is -1.23. The third-order valence-corrected chi connectivity index (χ3v) is 21.0. The van der Waals surface area contributed by atoms with Crippen LogP contribution in [0.1, 0.15) is 54.8 Å². The highest BCUT2D eigenvalue weighted by Crippen LogP contribution is 2.40. The van der Waals surface area contributed by atoms with Crippen molar-refractivity contribution in [1.29, 1.82) is 0 Å². The van der Waals surface area contributed by atoms with Gasteiger partial charge in [-0.1, -0.05) is 142 Å². The molecule has 0 fully saturated rings. The minimum Gasteiger partial charge on any atom is -0.344 e. The van der Waals surface area contributed by atoms with Crippen LogP contribution in [0.5, 0.6) is 0 Å². The van der Waals surface area contributed by atoms with Gasteiger partial charge in [0.15, 0.2) is 0 Å². The summed E-state index contributed by atoms with van der Waals surface area (Å²) in [6.45, 7) is 0. The molecule has 0 spiro atoms. The van der Waals surface area contributed by atoms with Crippen LogP contribution in [0, 0.1) is 34.9 Å². The number of hydrogen-bond acceptors (Lipinski definition) is 0. The van der Waals surface area contributed by atoms with Crippen molar-refractivity contribution in [2.75, 3.05) is 0 Å². The molecule has 7 heterocycles. The Morgan fingerprint density at radius 3 is 0.721 bits per heavy atom. The second-order valence-electron chi connectivity index (χ2n) is 26.8. The second-order valence-corrected chi connectivity index (χ2v) is 29.1. The summed E-state index contributed by atoms with van der Waals surface area (Å²) >= 11 is 35.9. The van der Waals surface area contributed by atoms with Crippen LogP contribution < -0.4 is 0 Å². The maximum Gasteiger partial charge on any atom is 0.123 e. The first-order chi connectivity index (χ1) is 75.5. The fourth-order valence-corrected chi connectivity index (χ4v) is 14.9. The zero-order valence-corrected chi connectivity index (χ0v) is 68.1. The van der Waals surface area contributed by atoms with E-state index in [1.807, 2.05) is 11.6 Å². The summed E-state index contributed by atoms with van der Waals surface area (Å²) in [6.07, 6.45) is 0. The van der Waals surface area contributed by atoms with E-state index < -0.39 is 214 Å². The van der Waals surface area contributed by atoms with Gasteiger partial charge in [0, 0.05) is 232 Å². The number of aromatic nitrogens is 7. The molecule has 0 N–H and O–H groups in total. The largest absolute Gasteiger partial charge is 0.344 e. The van der Waals surface area contributed by atoms with Crippen LogP contribution in [0.25, 0.3) is 175 Å². The summed E-state index contributed by atoms with van der Waals surface area (Å²) in [5.41, 5.74) is 3.43. The molecular formula is C103H73Cl6F6N7. The molecule has 0 saturated heterocycles. The van der Waals surface area contributed by atoms with Crippen LogP contribution in [-0.2, 0) is 49.3 Å². The summed E-state index contributed by atoms with van der Waals surface area (Å²) in [7, 11) is 11.4. The Bertz CT molecular complexity index is 9570. The molecule has 0 amide bonds. The average Bonchev–Trinajstić information content (AvgIpc) is 1.53. The van der Waals surface area contributed by atoms with Gasteiger partial charge in [-0.3, -0.25) is 0 Å². The Labute approximate surface area is 783 Å². The minimum absolute atomic E-state index is 0.0158. The molecule has 23 aromatic rings. The molecule has 0 atom stereocenters. The maximum atomic E-state index is 13.9. The van der Waals surface area contributed by atoms with Crippen LogP contribution >= 0.6 is 69.6 Å². The van der Waals surface area contributed by atoms with Gasteiger partial charge in [0.25, 0.3) is 0 Å². The number of benzene rings is 16. The van der Waals surface area contributed by atoms with Gasteiger partial charge in [0.2, 0.25) is 0 Å². The number of hydrogen-bond donors (Lipinski definition) is 0. The smallest absolute Gasteiger partial charge is 0.123 e. The van der Waals surface area contributed by atoms with E-state index in [-0.39, 0.29) is 169 Å². The molecule has 7 aromatic heterocycles. The van der Waals surface area contributed by atoms with E-state index in [1.165, 1.54) is 68.8 Å². The summed E-state index contributed by atoms with van der Waals surface area (Å²) in [5.74, 6) is -5.73. The third kappa shape index (κ3) is 15.8. The Hall–Kier alpha value is -12.6. The topological polar surface area (TPSA) is 34.5 Å². The molecule has 0 unspecified atom stereocenters. The normalized spacial score (nSPS) is 16.0. The van der Waals surface area contributed by atoms with E-state index in [0.29, 0.717) is 76.8 Å². The molecule has 0 aliphatic rings. The number of fused-ring (bicyclic) bond motifs is 21. The first-order valence-corrected chi connectivity index (χ1v) is 38.0. The van der Waals surface area contributed by atoms with E-state index in [9.17, 15) is 26.3 Å². The van der Waals surface area contributed by atoms with E-state index in [4.69, 9.17) is 124 Å². The van der Waals surface area contributed by atoms with Gasteiger partial charge in [0.1, 0.15) is 34.9 Å². The summed E-state index contributed by atoms with van der Waals surface area (Å²) in [6, 6.07) is 0.585. The predicted molar refractivity (Wildman–Crippen MR) is 504 cm³/mol. The Balaban J connectivity index is 0.000000130. The molecule has 604 valence electrons. The average molecular weight is 1780 g/mol. The van der Waals surface area contributed by atoms with E-state index in [0.717, 1.165) is 21.8 Å². The number of halogens is 12. The molecule has 0 aliphatic heterocycles. The molecular weight excluding hydrogens is 1660 g/mol. The van der Waals surface area contributed by atoms with Gasteiger partial charge in [-0.25, -0.2) is 26.3 Å². The lowest BCUT2D eigenvalue weighted by molar-refractivity contribution is 0.628. The highest BCUT2D eigenvalue weighted by Gasteiger charge is 2.18. The zero-order chi connectivity index (χ0) is 120.